The minimum Gasteiger partial charge on any atom is -0.495 e. The lowest BCUT2D eigenvalue weighted by Gasteiger charge is -2.21. The predicted octanol–water partition coefficient (Wildman–Crippen LogP) is 3.61. The molecule has 0 heterocycles. The molecule has 0 aromatic heterocycles. The van der Waals surface area contributed by atoms with Gasteiger partial charge in [0.1, 0.15) is 15.7 Å². The molecule has 0 saturated carbocycles. The maximum absolute atomic E-state index is 12.9. The van der Waals surface area contributed by atoms with Crippen LogP contribution >= 0.6 is 23.2 Å². The van der Waals surface area contributed by atoms with E-state index >= 15 is 0 Å². The summed E-state index contributed by atoms with van der Waals surface area (Å²) in [7, 11) is -0.0191. The van der Waals surface area contributed by atoms with E-state index in [1.807, 2.05) is 0 Å². The number of nitrogens with zero attached hydrogens (tertiary/aromatic N) is 1. The standard InChI is InChI=1S/C16H15Cl2NO5S/c1-19(11-6-4-5-10(9-11)16(20)24-3)25(21,22)13-8-7-12(23-2)14(17)15(13)18/h4-9H,1-3H3. The van der Waals surface area contributed by atoms with Crippen molar-refractivity contribution in [1.82, 2.24) is 0 Å². The maximum Gasteiger partial charge on any atom is 0.337 e. The fourth-order valence-corrected chi connectivity index (χ4v) is 4.11. The number of esters is 1. The van der Waals surface area contributed by atoms with E-state index in [9.17, 15) is 13.2 Å². The second-order valence-corrected chi connectivity index (χ2v) is 7.60. The van der Waals surface area contributed by atoms with Crippen molar-refractivity contribution in [2.45, 2.75) is 4.90 Å². The summed E-state index contributed by atoms with van der Waals surface area (Å²) in [5, 5.41) is -0.140. The van der Waals surface area contributed by atoms with Crippen LogP contribution in [0.15, 0.2) is 41.3 Å². The van der Waals surface area contributed by atoms with Crippen LogP contribution in [0.3, 0.4) is 0 Å². The zero-order valence-electron chi connectivity index (χ0n) is 13.6. The van der Waals surface area contributed by atoms with Crippen molar-refractivity contribution in [2.75, 3.05) is 25.6 Å². The molecule has 0 saturated heterocycles. The molecular weight excluding hydrogens is 389 g/mol. The van der Waals surface area contributed by atoms with Crippen molar-refractivity contribution < 1.29 is 22.7 Å². The minimum absolute atomic E-state index is 0.00181. The van der Waals surface area contributed by atoms with Crippen LogP contribution in [-0.2, 0) is 14.8 Å². The number of carbonyl (C=O) groups excluding carboxylic acids is 1. The number of benzene rings is 2. The summed E-state index contributed by atoms with van der Waals surface area (Å²) in [6.07, 6.45) is 0. The second-order valence-electron chi connectivity index (χ2n) is 4.91. The number of halogens is 2. The van der Waals surface area contributed by atoms with Gasteiger partial charge in [-0.25, -0.2) is 13.2 Å². The second kappa shape index (κ2) is 7.51. The first kappa shape index (κ1) is 19.4. The Balaban J connectivity index is 2.50. The molecule has 0 atom stereocenters. The van der Waals surface area contributed by atoms with Crippen LogP contribution in [0.25, 0.3) is 0 Å². The van der Waals surface area contributed by atoms with Crippen LogP contribution in [0.4, 0.5) is 5.69 Å². The summed E-state index contributed by atoms with van der Waals surface area (Å²) in [6, 6.07) is 8.75. The smallest absolute Gasteiger partial charge is 0.337 e. The van der Waals surface area contributed by atoms with Gasteiger partial charge in [-0.15, -0.1) is 0 Å². The highest BCUT2D eigenvalue weighted by atomic mass is 35.5. The highest BCUT2D eigenvalue weighted by Crippen LogP contribution is 2.38. The van der Waals surface area contributed by atoms with E-state index in [4.69, 9.17) is 27.9 Å². The number of sulfonamides is 1. The number of hydrogen-bond acceptors (Lipinski definition) is 5. The monoisotopic (exact) mass is 403 g/mol. The van der Waals surface area contributed by atoms with Crippen molar-refractivity contribution in [1.29, 1.82) is 0 Å². The molecule has 2 aromatic carbocycles. The summed E-state index contributed by atoms with van der Waals surface area (Å²) in [4.78, 5) is 11.5. The lowest BCUT2D eigenvalue weighted by Crippen LogP contribution is -2.27. The molecule has 9 heteroatoms. The first-order valence-corrected chi connectivity index (χ1v) is 9.13. The van der Waals surface area contributed by atoms with Crippen LogP contribution in [0.1, 0.15) is 10.4 Å². The van der Waals surface area contributed by atoms with Crippen LogP contribution in [-0.4, -0.2) is 35.7 Å². The van der Waals surface area contributed by atoms with Gasteiger partial charge in [0.05, 0.1) is 30.5 Å². The summed E-state index contributed by atoms with van der Waals surface area (Å²) in [6.45, 7) is 0. The third-order valence-electron chi connectivity index (χ3n) is 3.50. The molecule has 0 bridgehead atoms. The molecule has 0 fully saturated rings. The normalized spacial score (nSPS) is 11.1. The molecule has 25 heavy (non-hydrogen) atoms. The third kappa shape index (κ3) is 3.68. The molecule has 2 rings (SSSR count). The molecular formula is C16H15Cl2NO5S. The van der Waals surface area contributed by atoms with E-state index < -0.39 is 16.0 Å². The van der Waals surface area contributed by atoms with Crippen LogP contribution in [0.5, 0.6) is 5.75 Å². The Bertz CT molecular complexity index is 915. The zero-order chi connectivity index (χ0) is 18.8. The third-order valence-corrected chi connectivity index (χ3v) is 6.31. The predicted molar refractivity (Wildman–Crippen MR) is 96.4 cm³/mol. The fourth-order valence-electron chi connectivity index (χ4n) is 2.10. The lowest BCUT2D eigenvalue weighted by atomic mass is 10.2. The molecule has 2 aromatic rings. The van der Waals surface area contributed by atoms with Gasteiger partial charge in [0.2, 0.25) is 0 Å². The van der Waals surface area contributed by atoms with Gasteiger partial charge >= 0.3 is 5.97 Å². The Labute approximate surface area is 155 Å². The molecule has 0 N–H and O–H groups in total. The van der Waals surface area contributed by atoms with E-state index in [1.165, 1.54) is 45.5 Å². The average Bonchev–Trinajstić information content (AvgIpc) is 2.62. The van der Waals surface area contributed by atoms with E-state index in [0.717, 1.165) is 4.31 Å². The molecule has 0 aliphatic heterocycles. The van der Waals surface area contributed by atoms with Crippen molar-refractivity contribution in [3.05, 3.63) is 52.0 Å². The van der Waals surface area contributed by atoms with Gasteiger partial charge < -0.3 is 9.47 Å². The van der Waals surface area contributed by atoms with Gasteiger partial charge in [0.25, 0.3) is 10.0 Å². The van der Waals surface area contributed by atoms with Crippen molar-refractivity contribution in [3.63, 3.8) is 0 Å². The fraction of sp³-hybridized carbons (Fsp3) is 0.188. The van der Waals surface area contributed by atoms with Gasteiger partial charge in [-0.2, -0.15) is 0 Å². The zero-order valence-corrected chi connectivity index (χ0v) is 15.9. The number of rotatable bonds is 5. The maximum atomic E-state index is 12.9. The first-order chi connectivity index (χ1) is 11.7. The van der Waals surface area contributed by atoms with Gasteiger partial charge in [-0.3, -0.25) is 4.31 Å². The van der Waals surface area contributed by atoms with E-state index in [-0.39, 0.29) is 31.9 Å². The summed E-state index contributed by atoms with van der Waals surface area (Å²) in [5.74, 6) is -0.306. The molecule has 0 amide bonds. The van der Waals surface area contributed by atoms with Crippen molar-refractivity contribution in [3.8, 4) is 5.75 Å². The molecule has 0 aliphatic rings. The van der Waals surface area contributed by atoms with Gasteiger partial charge in [-0.1, -0.05) is 29.3 Å². The Morgan fingerprint density at radius 1 is 1.08 bits per heavy atom. The number of methoxy groups -OCH3 is 2. The SMILES string of the molecule is COC(=O)c1cccc(N(C)S(=O)(=O)c2ccc(OC)c(Cl)c2Cl)c1. The van der Waals surface area contributed by atoms with Crippen molar-refractivity contribution in [2.24, 2.45) is 0 Å². The van der Waals surface area contributed by atoms with E-state index in [1.54, 1.807) is 12.1 Å². The Hall–Kier alpha value is -1.96. The number of hydrogen-bond donors (Lipinski definition) is 0. The summed E-state index contributed by atoms with van der Waals surface area (Å²) < 4.78 is 36.4. The Morgan fingerprint density at radius 2 is 1.76 bits per heavy atom. The summed E-state index contributed by atoms with van der Waals surface area (Å²) >= 11 is 12.1. The number of anilines is 1. The minimum atomic E-state index is -4.01. The highest BCUT2D eigenvalue weighted by Gasteiger charge is 2.27. The van der Waals surface area contributed by atoms with Gasteiger partial charge in [0.15, 0.2) is 0 Å². The quantitative estimate of drug-likeness (QED) is 0.712. The number of ether oxygens (including phenoxy) is 2. The Morgan fingerprint density at radius 3 is 2.36 bits per heavy atom. The van der Waals surface area contributed by atoms with Gasteiger partial charge in [0, 0.05) is 7.05 Å². The first-order valence-electron chi connectivity index (χ1n) is 6.93. The molecule has 134 valence electrons. The average molecular weight is 404 g/mol. The molecule has 0 radical (unpaired) electrons. The van der Waals surface area contributed by atoms with Crippen LogP contribution in [0, 0.1) is 0 Å². The number of carbonyl (C=O) groups is 1. The molecule has 0 aliphatic carbocycles. The molecule has 6 nitrogen and oxygen atoms in total. The highest BCUT2D eigenvalue weighted by molar-refractivity contribution is 7.93. The van der Waals surface area contributed by atoms with Crippen molar-refractivity contribution >= 4 is 44.9 Å². The largest absolute Gasteiger partial charge is 0.495 e. The Kier molecular flexibility index (Phi) is 5.82. The van der Waals surface area contributed by atoms with E-state index in [2.05, 4.69) is 4.74 Å². The lowest BCUT2D eigenvalue weighted by molar-refractivity contribution is 0.0600. The summed E-state index contributed by atoms with van der Waals surface area (Å²) in [5.41, 5.74) is 0.492. The van der Waals surface area contributed by atoms with E-state index in [0.29, 0.717) is 0 Å². The molecule has 0 spiro atoms. The molecule has 0 unspecified atom stereocenters. The topological polar surface area (TPSA) is 72.9 Å². The van der Waals surface area contributed by atoms with Crippen LogP contribution < -0.4 is 9.04 Å². The van der Waals surface area contributed by atoms with Crippen LogP contribution in [0.2, 0.25) is 10.0 Å². The van der Waals surface area contributed by atoms with Gasteiger partial charge in [-0.05, 0) is 30.3 Å².